The Morgan fingerprint density at radius 3 is 1.75 bits per heavy atom. The van der Waals surface area contributed by atoms with Gasteiger partial charge in [0.1, 0.15) is 53.1 Å². The number of aromatic amines is 1. The van der Waals surface area contributed by atoms with E-state index in [4.69, 9.17) is 11.5 Å². The molecule has 0 aliphatic carbocycles. The topological polar surface area (TPSA) is 674 Å². The van der Waals surface area contributed by atoms with Crippen LogP contribution in [0.2, 0.25) is 0 Å². The summed E-state index contributed by atoms with van der Waals surface area (Å²) in [4.78, 5) is 283. The minimum absolute atomic E-state index is 0.00290. The fourth-order valence-corrected chi connectivity index (χ4v) is 16.5. The van der Waals surface area contributed by atoms with Gasteiger partial charge in [-0.15, -0.1) is 0 Å². The van der Waals surface area contributed by atoms with Gasteiger partial charge in [0.2, 0.25) is 58.8 Å². The quantitative estimate of drug-likeness (QED) is 0.0129. The maximum absolute atomic E-state index is 15.7. The van der Waals surface area contributed by atoms with E-state index >= 15 is 28.8 Å². The van der Waals surface area contributed by atoms with Gasteiger partial charge in [0.15, 0.2) is 40.5 Å². The van der Waals surface area contributed by atoms with E-state index in [9.17, 15) is 82.4 Å². The molecular formula is C106H162N20O23. The number of H-pyrrole nitrogens is 1. The number of primary amides is 2. The van der Waals surface area contributed by atoms with Crippen LogP contribution >= 0.6 is 0 Å². The number of carbonyl (C=O) groups excluding carboxylic acids is 19. The van der Waals surface area contributed by atoms with Crippen LogP contribution in [0.3, 0.4) is 0 Å². The number of aliphatic carboxylic acids is 1. The molecule has 1 aromatic heterocycles. The lowest BCUT2D eigenvalue weighted by Crippen LogP contribution is -2.64. The summed E-state index contributed by atoms with van der Waals surface area (Å²) in [6.45, 7) is 23.5. The molecule has 4 aromatic rings. The van der Waals surface area contributed by atoms with Crippen LogP contribution in [0.4, 0.5) is 0 Å². The lowest BCUT2D eigenvalue weighted by molar-refractivity contribution is -0.144. The van der Waals surface area contributed by atoms with Crippen molar-refractivity contribution in [1.29, 1.82) is 0 Å². The van der Waals surface area contributed by atoms with Crippen molar-refractivity contribution in [2.75, 3.05) is 39.4 Å². The summed E-state index contributed by atoms with van der Waals surface area (Å²) < 4.78 is 0. The minimum atomic E-state index is -2.20. The zero-order valence-corrected chi connectivity index (χ0v) is 89.0. The molecule has 5 rings (SSSR count). The molecule has 0 spiro atoms. The smallest absolute Gasteiger partial charge is 0.303 e. The summed E-state index contributed by atoms with van der Waals surface area (Å²) >= 11 is 0. The van der Waals surface area contributed by atoms with Crippen molar-refractivity contribution >= 4 is 128 Å². The Bertz CT molecular complexity index is 5220. The number of ketones is 11. The molecular weight excluding hydrogens is 1920 g/mol. The molecule has 43 nitrogen and oxygen atoms in total. The molecule has 149 heavy (non-hydrogen) atoms. The highest BCUT2D eigenvalue weighted by molar-refractivity contribution is 6.42. The van der Waals surface area contributed by atoms with Crippen molar-refractivity contribution in [2.45, 2.75) is 359 Å². The lowest BCUT2D eigenvalue weighted by Gasteiger charge is -2.33. The first kappa shape index (κ1) is 127. The van der Waals surface area contributed by atoms with Gasteiger partial charge in [-0.1, -0.05) is 120 Å². The lowest BCUT2D eigenvalue weighted by atomic mass is 9.84. The fourth-order valence-electron chi connectivity index (χ4n) is 16.5. The predicted molar refractivity (Wildman–Crippen MR) is 559 cm³/mol. The first-order chi connectivity index (χ1) is 70.1. The first-order valence-electron chi connectivity index (χ1n) is 51.5. The molecule has 824 valence electrons. The highest BCUT2D eigenvalue weighted by atomic mass is 16.4. The van der Waals surface area contributed by atoms with E-state index in [1.165, 1.54) is 65.8 Å². The second kappa shape index (κ2) is 63.8. The average Bonchev–Trinajstić information content (AvgIpc) is 1.48. The number of hydrazine groups is 2. The number of phenols is 1. The zero-order valence-electron chi connectivity index (χ0n) is 89.0. The summed E-state index contributed by atoms with van der Waals surface area (Å²) in [5.74, 6) is -15.2. The Kier molecular flexibility index (Phi) is 54.5. The van der Waals surface area contributed by atoms with E-state index in [2.05, 4.69) is 95.8 Å². The maximum Gasteiger partial charge on any atom is 0.303 e. The third kappa shape index (κ3) is 45.3. The van der Waals surface area contributed by atoms with Gasteiger partial charge in [0.25, 0.3) is 0 Å². The van der Waals surface area contributed by atoms with Crippen LogP contribution in [0.25, 0.3) is 10.9 Å². The minimum Gasteiger partial charge on any atom is -0.508 e. The van der Waals surface area contributed by atoms with Crippen LogP contribution in [0.1, 0.15) is 249 Å². The number of aliphatic hydroxyl groups excluding tert-OH is 1. The monoisotopic (exact) mass is 2080 g/mol. The Balaban J connectivity index is 1.49. The third-order valence-corrected chi connectivity index (χ3v) is 26.5. The number of phenolic OH excluding ortho intramolecular Hbond substituents is 1. The first-order valence-corrected chi connectivity index (χ1v) is 51.5. The van der Waals surface area contributed by atoms with E-state index in [1.807, 2.05) is 26.0 Å². The summed E-state index contributed by atoms with van der Waals surface area (Å²) in [7, 11) is 0. The standard InChI is InChI=1S/C106H162N20O23/c1-61(2)49-80(117-70(12)128)99(145)120-95(69(11)127)103(149)119-81(51-71-31-25-24-26-32-71)101(147)122-106(16)47-30-23-21-19-17-18-20-22-29-46-105(15,92(138)59-112-67(9)89(135)57-116-104(13,14)91(137)58-111-64(6)86(132)45-48-109-63(5)84(130)41-42-85(131)65(7)114-60-115-68(10)98(108)144)121-102(148)82(50-62(3)4)125-123-77(39-43-93(107)139)88(134)54-87(133)66(8)110-56-90(136)79(53-73-55-113-76-34-28-27-33-75(73)76)118-100(146)83(52-72-35-37-74(129)38-36-72)126-124-78(40-44-94(140)141)96(142)97(106)143/h18,20,24-28,31-38,55,61-69,77-83,95,109-116,123-127,129H,17,19,21-23,29-30,39-54,56-60H2,1-16H3,(H2,107,139)(H2,108,144)(H,117,128)(H,118,146)(H,119,149)(H,120,145)(H,121,148)(H,122,147)(H,140,141)/b20-18+/t63-,64-,65-,66-,67-,68+,69+,77-,78-,79-,80-,81-,82-,83-,95-,105-,106+/m0/s1. The van der Waals surface area contributed by atoms with E-state index < -0.39 is 239 Å². The highest BCUT2D eigenvalue weighted by Gasteiger charge is 2.45. The SMILES string of the molecule is CC(=O)N[C@@H](CC(C)C)C(=O)N[C@H](C(=O)N[C@@H](Cc1ccccc1)C(=O)N[C@]1(C)CCCCCC/C=C/CCC[C@@](C)(C(=O)CN[C@@H](C)C(=O)CNC(C)(C)C(=O)CN[C@@H](C)C(=O)CCN[C@@H](C)C(=O)CCC(=O)[C@H](C)NCN[C@H](C)C(N)=O)NC(=O)[C@H](CC(C)C)NN[C@@H](CCC(N)=O)C(=O)CC(=O)[C@H](C)NCC(=O)[C@H](Cc2c[nH]c3ccccc23)NC(=O)[C@H](Cc2ccc(O)cc2)NN[C@@H](CCC(=O)O)C(=O)C1=O)[C@@H](C)O. The van der Waals surface area contributed by atoms with E-state index in [0.29, 0.717) is 66.1 Å². The number of benzene rings is 3. The summed E-state index contributed by atoms with van der Waals surface area (Å²) in [5, 5.41) is 69.3. The van der Waals surface area contributed by atoms with Crippen LogP contribution in [0.15, 0.2) is 97.2 Å². The molecule has 0 saturated carbocycles. The molecule has 0 radical (unpaired) electrons. The number of aromatic nitrogens is 1. The van der Waals surface area contributed by atoms with Crippen LogP contribution in [-0.2, 0) is 115 Å². The maximum atomic E-state index is 15.7. The molecule has 2 heterocycles. The Labute approximate surface area is 872 Å². The van der Waals surface area contributed by atoms with Gasteiger partial charge in [0, 0.05) is 82.2 Å². The number of nitrogens with one attached hydrogen (secondary N) is 18. The molecule has 1 aliphatic heterocycles. The van der Waals surface area contributed by atoms with E-state index in [1.54, 1.807) is 116 Å². The number of hydrogen-bond acceptors (Lipinski definition) is 33. The number of amides is 8. The van der Waals surface area contributed by atoms with Crippen molar-refractivity contribution in [3.63, 3.8) is 0 Å². The number of carbonyl (C=O) groups is 20. The van der Waals surface area contributed by atoms with Crippen LogP contribution in [0, 0.1) is 11.8 Å². The van der Waals surface area contributed by atoms with Gasteiger partial charge in [-0.2, -0.15) is 0 Å². The van der Waals surface area contributed by atoms with Crippen molar-refractivity contribution in [1.82, 2.24) is 95.8 Å². The molecule has 0 bridgehead atoms. The molecule has 0 fully saturated rings. The third-order valence-electron chi connectivity index (χ3n) is 26.5. The number of para-hydroxylation sites is 1. The van der Waals surface area contributed by atoms with Crippen LogP contribution in [0.5, 0.6) is 5.75 Å². The largest absolute Gasteiger partial charge is 0.508 e. The van der Waals surface area contributed by atoms with Crippen LogP contribution in [-0.4, -0.2) is 284 Å². The summed E-state index contributed by atoms with van der Waals surface area (Å²) in [6.07, 6.45) is 2.92. The zero-order chi connectivity index (χ0) is 111. The number of carboxylic acids is 1. The van der Waals surface area contributed by atoms with E-state index in [0.717, 1.165) is 0 Å². The van der Waals surface area contributed by atoms with Gasteiger partial charge in [-0.25, -0.2) is 21.7 Å². The second-order valence-corrected chi connectivity index (χ2v) is 40.8. The average molecular weight is 2080 g/mol. The molecule has 0 unspecified atom stereocenters. The van der Waals surface area contributed by atoms with Crippen molar-refractivity contribution in [2.24, 2.45) is 23.3 Å². The second-order valence-electron chi connectivity index (χ2n) is 40.8. The van der Waals surface area contributed by atoms with Gasteiger partial charge in [-0.05, 0) is 194 Å². The predicted octanol–water partition coefficient (Wildman–Crippen LogP) is 1.46. The molecule has 43 heteroatoms. The fraction of sp³-hybridized carbons (Fsp3) is 0.604. The normalized spacial score (nSPS) is 21.6. The summed E-state index contributed by atoms with van der Waals surface area (Å²) in [5.41, 5.74) is 19.2. The Morgan fingerprint density at radius 1 is 0.537 bits per heavy atom. The van der Waals surface area contributed by atoms with Gasteiger partial charge < -0.3 is 84.9 Å². The van der Waals surface area contributed by atoms with Crippen molar-refractivity contribution < 1.29 is 111 Å². The number of hydrogen-bond donors (Lipinski definition) is 23. The number of aliphatic hydroxyl groups is 1. The van der Waals surface area contributed by atoms with E-state index in [-0.39, 0.29) is 145 Å². The number of allylic oxidation sites excluding steroid dienone is 2. The number of fused-ring (bicyclic) bond motifs is 1. The van der Waals surface area contributed by atoms with Crippen LogP contribution < -0.4 is 102 Å². The highest BCUT2D eigenvalue weighted by Crippen LogP contribution is 2.26. The number of carboxylic acid groups (broad SMARTS) is 1. The summed E-state index contributed by atoms with van der Waals surface area (Å²) in [6, 6.07) is 4.30. The van der Waals surface area contributed by atoms with Gasteiger partial charge >= 0.3 is 5.97 Å². The molecule has 25 N–H and O–H groups in total. The number of aromatic hydroxyl groups is 1. The number of Topliss-reactive ketones (excluding diaryl/α,β-unsaturated/α-hetero) is 11. The molecule has 17 atom stereocenters. The molecule has 3 aromatic carbocycles. The van der Waals surface area contributed by atoms with Crippen molar-refractivity contribution in [3.8, 4) is 5.75 Å². The Morgan fingerprint density at radius 2 is 1.12 bits per heavy atom. The molecule has 8 amide bonds. The molecule has 0 saturated heterocycles. The Hall–Kier alpha value is -12.1. The number of rotatable bonds is 51. The van der Waals surface area contributed by atoms with Crippen molar-refractivity contribution in [3.05, 3.63) is 114 Å². The van der Waals surface area contributed by atoms with Gasteiger partial charge in [-0.3, -0.25) is 112 Å². The molecule has 1 aliphatic rings. The number of nitrogens with two attached hydrogens (primary N) is 2. The van der Waals surface area contributed by atoms with Gasteiger partial charge in [0.05, 0.1) is 104 Å².